The first-order valence-electron chi connectivity index (χ1n) is 5.63. The molecule has 0 saturated carbocycles. The molecule has 6 nitrogen and oxygen atoms in total. The first-order chi connectivity index (χ1) is 7.70. The Morgan fingerprint density at radius 1 is 1.25 bits per heavy atom. The Hall–Kier alpha value is -1.33. The molecule has 0 fully saturated rings. The minimum Gasteiger partial charge on any atom is -0.597 e. The summed E-state index contributed by atoms with van der Waals surface area (Å²) in [6.07, 6.45) is 3.54. The molecular weight excluding hydrogens is 212 g/mol. The second-order valence-corrected chi connectivity index (χ2v) is 3.35. The molecule has 0 aliphatic heterocycles. The van der Waals surface area contributed by atoms with Gasteiger partial charge in [0.05, 0.1) is 6.61 Å². The van der Waals surface area contributed by atoms with Gasteiger partial charge < -0.3 is 14.8 Å². The molecule has 16 heavy (non-hydrogen) atoms. The maximum Gasteiger partial charge on any atom is 0.376 e. The third-order valence-electron chi connectivity index (χ3n) is 1.76. The van der Waals surface area contributed by atoms with Gasteiger partial charge in [-0.05, 0) is 17.7 Å². The van der Waals surface area contributed by atoms with E-state index in [1.807, 2.05) is 13.8 Å². The molecule has 0 unspecified atom stereocenters. The van der Waals surface area contributed by atoms with Crippen LogP contribution in [0.15, 0.2) is 5.28 Å². The van der Waals surface area contributed by atoms with Crippen molar-refractivity contribution in [2.24, 2.45) is 5.28 Å². The third kappa shape index (κ3) is 9.23. The molecule has 0 N–H and O–H groups in total. The van der Waals surface area contributed by atoms with Crippen LogP contribution in [0.2, 0.25) is 0 Å². The minimum atomic E-state index is -0.578. The van der Waals surface area contributed by atoms with Crippen LogP contribution in [0.3, 0.4) is 0 Å². The fourth-order valence-electron chi connectivity index (χ4n) is 0.829. The number of rotatable bonds is 9. The Morgan fingerprint density at radius 3 is 2.50 bits per heavy atom. The van der Waals surface area contributed by atoms with E-state index in [0.717, 1.165) is 25.7 Å². The Labute approximate surface area is 95.8 Å². The van der Waals surface area contributed by atoms with Gasteiger partial charge in [-0.2, -0.15) is 0 Å². The Balaban J connectivity index is 3.59. The normalized spacial score (nSPS) is 11.2. The van der Waals surface area contributed by atoms with E-state index < -0.39 is 12.5 Å². The molecule has 0 aromatic heterocycles. The Bertz CT molecular complexity index is 219. The number of hydrogen-bond acceptors (Lipinski definition) is 5. The maximum absolute atomic E-state index is 11.0. The van der Waals surface area contributed by atoms with Gasteiger partial charge in [0.2, 0.25) is 5.28 Å². The Kier molecular flexibility index (Phi) is 9.35. The maximum atomic E-state index is 11.0. The lowest BCUT2D eigenvalue weighted by Crippen LogP contribution is -2.18. The van der Waals surface area contributed by atoms with Crippen molar-refractivity contribution in [1.82, 2.24) is 0 Å². The lowest BCUT2D eigenvalue weighted by atomic mass is 10.4. The van der Waals surface area contributed by atoms with Crippen molar-refractivity contribution >= 4 is 5.97 Å². The van der Waals surface area contributed by atoms with E-state index >= 15 is 0 Å². The highest BCUT2D eigenvalue weighted by Crippen LogP contribution is 1.91. The fourth-order valence-corrected chi connectivity index (χ4v) is 0.829. The quantitative estimate of drug-likeness (QED) is 0.200. The number of esters is 1. The van der Waals surface area contributed by atoms with Crippen LogP contribution in [0.4, 0.5) is 0 Å². The van der Waals surface area contributed by atoms with Crippen molar-refractivity contribution in [3.63, 3.8) is 0 Å². The topological polar surface area (TPSA) is 74.0 Å². The van der Waals surface area contributed by atoms with Crippen molar-refractivity contribution in [3.8, 4) is 0 Å². The summed E-state index contributed by atoms with van der Waals surface area (Å²) in [7, 11) is 0. The molecule has 0 atom stereocenters. The van der Waals surface area contributed by atoms with Crippen molar-refractivity contribution in [1.29, 1.82) is 0 Å². The summed E-state index contributed by atoms with van der Waals surface area (Å²) in [4.78, 5) is 15.9. The van der Waals surface area contributed by atoms with Gasteiger partial charge in [0.25, 0.3) is 6.54 Å². The van der Waals surface area contributed by atoms with E-state index in [0.29, 0.717) is 13.2 Å². The average molecular weight is 232 g/mol. The van der Waals surface area contributed by atoms with Crippen LogP contribution in [0.25, 0.3) is 0 Å². The van der Waals surface area contributed by atoms with Gasteiger partial charge in [0.15, 0.2) is 0 Å². The van der Waals surface area contributed by atoms with Crippen LogP contribution in [0.1, 0.15) is 39.5 Å². The van der Waals surface area contributed by atoms with Gasteiger partial charge in [-0.25, -0.2) is 4.79 Å². The third-order valence-corrected chi connectivity index (χ3v) is 1.76. The zero-order chi connectivity index (χ0) is 12.2. The van der Waals surface area contributed by atoms with Gasteiger partial charge >= 0.3 is 5.97 Å². The summed E-state index contributed by atoms with van der Waals surface area (Å²) < 4.78 is 4.78. The number of unbranched alkanes of at least 4 members (excludes halogenated alkanes) is 2. The number of carbonyl (C=O) groups excluding carboxylic acids is 1. The summed E-state index contributed by atoms with van der Waals surface area (Å²) >= 11 is 0. The largest absolute Gasteiger partial charge is 0.597 e. The molecule has 0 rings (SSSR count). The minimum absolute atomic E-state index is 0.198. The van der Waals surface area contributed by atoms with Crippen LogP contribution in [0, 0.1) is 5.21 Å². The van der Waals surface area contributed by atoms with Gasteiger partial charge in [0.1, 0.15) is 6.61 Å². The van der Waals surface area contributed by atoms with Crippen molar-refractivity contribution < 1.29 is 19.2 Å². The number of carbonyl (C=O) groups is 1. The lowest BCUT2D eigenvalue weighted by Gasteiger charge is -2.02. The monoisotopic (exact) mass is 232 g/mol. The van der Waals surface area contributed by atoms with E-state index in [-0.39, 0.29) is 4.86 Å². The van der Waals surface area contributed by atoms with E-state index in [4.69, 9.17) is 9.57 Å². The molecule has 0 saturated heterocycles. The van der Waals surface area contributed by atoms with Crippen molar-refractivity contribution in [2.75, 3.05) is 19.8 Å². The number of ether oxygens (including phenoxy) is 1. The van der Waals surface area contributed by atoms with Crippen molar-refractivity contribution in [2.45, 2.75) is 39.5 Å². The van der Waals surface area contributed by atoms with Gasteiger partial charge in [0, 0.05) is 0 Å². The summed E-state index contributed by atoms with van der Waals surface area (Å²) in [5, 5.41) is 14.2. The molecule has 0 radical (unpaired) electrons. The van der Waals surface area contributed by atoms with Gasteiger partial charge in [-0.1, -0.05) is 26.7 Å². The van der Waals surface area contributed by atoms with E-state index in [1.54, 1.807) is 0 Å². The number of hydrogen-bond donors (Lipinski definition) is 0. The van der Waals surface area contributed by atoms with Gasteiger partial charge in [-0.3, -0.25) is 0 Å². The van der Waals surface area contributed by atoms with E-state index in [1.165, 1.54) is 0 Å². The fraction of sp³-hybridized carbons (Fsp3) is 0.900. The predicted octanol–water partition coefficient (Wildman–Crippen LogP) is 2.02. The highest BCUT2D eigenvalue weighted by Gasteiger charge is 2.09. The SMILES string of the molecule is CCCCO/N=[N+](\[O-])CC(=O)OCCCC. The summed E-state index contributed by atoms with van der Waals surface area (Å²) in [6, 6.07) is 0. The molecule has 0 heterocycles. The molecule has 0 aliphatic rings. The lowest BCUT2D eigenvalue weighted by molar-refractivity contribution is -0.549. The second kappa shape index (κ2) is 10.2. The molecule has 0 aromatic carbocycles. The highest BCUT2D eigenvalue weighted by molar-refractivity contribution is 5.70. The molecule has 0 aromatic rings. The molecule has 0 spiro atoms. The Morgan fingerprint density at radius 2 is 1.88 bits per heavy atom. The first kappa shape index (κ1) is 14.7. The standard InChI is InChI=1S/C10H20N2O4/c1-3-5-7-15-10(13)9-12(14)11-16-8-6-4-2/h3-9H2,1-2H3/b12-11-. The zero-order valence-corrected chi connectivity index (χ0v) is 9.98. The summed E-state index contributed by atoms with van der Waals surface area (Å²) in [6.45, 7) is 4.31. The first-order valence-corrected chi connectivity index (χ1v) is 5.63. The van der Waals surface area contributed by atoms with Crippen LogP contribution in [-0.4, -0.2) is 30.6 Å². The molecule has 0 amide bonds. The summed E-state index contributed by atoms with van der Waals surface area (Å²) in [5.74, 6) is -0.578. The molecule has 0 aliphatic carbocycles. The number of hydroxylamine groups is 1. The zero-order valence-electron chi connectivity index (χ0n) is 9.98. The smallest absolute Gasteiger partial charge is 0.376 e. The highest BCUT2D eigenvalue weighted by atomic mass is 16.7. The van der Waals surface area contributed by atoms with Crippen LogP contribution < -0.4 is 0 Å². The van der Waals surface area contributed by atoms with Crippen LogP contribution in [-0.2, 0) is 14.4 Å². The van der Waals surface area contributed by atoms with Gasteiger partial charge in [-0.15, -0.1) is 0 Å². The van der Waals surface area contributed by atoms with Crippen LogP contribution >= 0.6 is 0 Å². The van der Waals surface area contributed by atoms with Crippen molar-refractivity contribution in [3.05, 3.63) is 5.21 Å². The summed E-state index contributed by atoms with van der Waals surface area (Å²) in [5.41, 5.74) is 0. The van der Waals surface area contributed by atoms with E-state index in [9.17, 15) is 10.0 Å². The molecular formula is C10H20N2O4. The van der Waals surface area contributed by atoms with Crippen LogP contribution in [0.5, 0.6) is 0 Å². The average Bonchev–Trinajstić information content (AvgIpc) is 2.25. The molecule has 0 bridgehead atoms. The second-order valence-electron chi connectivity index (χ2n) is 3.35. The number of nitrogens with zero attached hydrogens (tertiary/aromatic N) is 2. The molecule has 94 valence electrons. The molecule has 6 heteroatoms. The predicted molar refractivity (Wildman–Crippen MR) is 57.6 cm³/mol. The van der Waals surface area contributed by atoms with E-state index in [2.05, 4.69) is 5.28 Å².